The SMILES string of the molecule is CCC/C=C(\S)NC(=S)CCC. The van der Waals surface area contributed by atoms with Gasteiger partial charge in [-0.25, -0.2) is 0 Å². The van der Waals surface area contributed by atoms with E-state index in [4.69, 9.17) is 12.2 Å². The smallest absolute Gasteiger partial charge is 0.0800 e. The van der Waals surface area contributed by atoms with Crippen LogP contribution in [0.25, 0.3) is 0 Å². The molecule has 1 nitrogen and oxygen atoms in total. The molecule has 3 heteroatoms. The Kier molecular flexibility index (Phi) is 7.61. The highest BCUT2D eigenvalue weighted by Crippen LogP contribution is 2.01. The summed E-state index contributed by atoms with van der Waals surface area (Å²) in [6.45, 7) is 4.25. The molecule has 0 heterocycles. The van der Waals surface area contributed by atoms with Crippen molar-refractivity contribution in [3.63, 3.8) is 0 Å². The van der Waals surface area contributed by atoms with Crippen LogP contribution in [0.15, 0.2) is 11.1 Å². The molecule has 0 aliphatic carbocycles. The summed E-state index contributed by atoms with van der Waals surface area (Å²) in [6, 6.07) is 0. The number of hydrogen-bond acceptors (Lipinski definition) is 2. The number of thiocarbonyl (C=S) groups is 1. The van der Waals surface area contributed by atoms with Gasteiger partial charge in [0.1, 0.15) is 0 Å². The molecule has 0 unspecified atom stereocenters. The van der Waals surface area contributed by atoms with Crippen LogP contribution in [0.5, 0.6) is 0 Å². The van der Waals surface area contributed by atoms with Crippen LogP contribution in [0.2, 0.25) is 0 Å². The summed E-state index contributed by atoms with van der Waals surface area (Å²) < 4.78 is 0. The quantitative estimate of drug-likeness (QED) is 0.525. The first kappa shape index (κ1) is 12.0. The van der Waals surface area contributed by atoms with Crippen molar-refractivity contribution in [2.75, 3.05) is 0 Å². The van der Waals surface area contributed by atoms with E-state index in [0.717, 1.165) is 35.7 Å². The Hall–Kier alpha value is -0.0200. The van der Waals surface area contributed by atoms with Crippen molar-refractivity contribution >= 4 is 29.8 Å². The summed E-state index contributed by atoms with van der Waals surface area (Å²) in [5.74, 6) is 0. The lowest BCUT2D eigenvalue weighted by atomic mass is 10.3. The zero-order chi connectivity index (χ0) is 9.40. The molecule has 0 aromatic carbocycles. The molecule has 0 fully saturated rings. The molecular formula is C9H17NS2. The lowest BCUT2D eigenvalue weighted by Crippen LogP contribution is -2.17. The largest absolute Gasteiger partial charge is 0.345 e. The second-order valence-corrected chi connectivity index (χ2v) is 3.65. The molecule has 0 saturated carbocycles. The Labute approximate surface area is 86.0 Å². The van der Waals surface area contributed by atoms with Crippen LogP contribution in [-0.2, 0) is 0 Å². The first-order valence-corrected chi connectivity index (χ1v) is 5.25. The van der Waals surface area contributed by atoms with Crippen molar-refractivity contribution in [1.82, 2.24) is 5.32 Å². The zero-order valence-corrected chi connectivity index (χ0v) is 9.47. The molecule has 70 valence electrons. The molecule has 0 aromatic rings. The highest BCUT2D eigenvalue weighted by Gasteiger charge is 1.94. The van der Waals surface area contributed by atoms with Gasteiger partial charge >= 0.3 is 0 Å². The van der Waals surface area contributed by atoms with E-state index in [1.165, 1.54) is 0 Å². The van der Waals surface area contributed by atoms with Gasteiger partial charge < -0.3 is 5.32 Å². The Morgan fingerprint density at radius 1 is 1.42 bits per heavy atom. The minimum Gasteiger partial charge on any atom is -0.345 e. The molecule has 0 aliphatic heterocycles. The Morgan fingerprint density at radius 3 is 2.58 bits per heavy atom. The topological polar surface area (TPSA) is 12.0 Å². The van der Waals surface area contributed by atoms with Gasteiger partial charge in [-0.3, -0.25) is 0 Å². The van der Waals surface area contributed by atoms with Gasteiger partial charge in [-0.15, -0.1) is 12.6 Å². The third-order valence-electron chi connectivity index (χ3n) is 1.37. The molecule has 0 aromatic heterocycles. The third kappa shape index (κ3) is 6.68. The van der Waals surface area contributed by atoms with Crippen molar-refractivity contribution in [3.8, 4) is 0 Å². The fourth-order valence-corrected chi connectivity index (χ4v) is 1.42. The summed E-state index contributed by atoms with van der Waals surface area (Å²) in [7, 11) is 0. The molecule has 0 amide bonds. The molecule has 1 N–H and O–H groups in total. The minimum absolute atomic E-state index is 0.884. The normalized spacial score (nSPS) is 11.4. The fraction of sp³-hybridized carbons (Fsp3) is 0.667. The van der Waals surface area contributed by atoms with Gasteiger partial charge in [0, 0.05) is 0 Å². The minimum atomic E-state index is 0.884. The number of nitrogens with one attached hydrogen (secondary N) is 1. The van der Waals surface area contributed by atoms with Gasteiger partial charge in [0.25, 0.3) is 0 Å². The average molecular weight is 203 g/mol. The lowest BCUT2D eigenvalue weighted by molar-refractivity contribution is 0.940. The number of unbranched alkanes of at least 4 members (excludes halogenated alkanes) is 1. The standard InChI is InChI=1S/C9H17NS2/c1-3-5-7-9(12)10-8(11)6-4-2/h7,12H,3-6H2,1-2H3,(H,10,11)/b9-7-. The Bertz CT molecular complexity index is 164. The molecule has 0 bridgehead atoms. The van der Waals surface area contributed by atoms with Crippen LogP contribution in [0.4, 0.5) is 0 Å². The van der Waals surface area contributed by atoms with Crippen LogP contribution >= 0.6 is 24.8 Å². The summed E-state index contributed by atoms with van der Waals surface area (Å²) in [4.78, 5) is 0.884. The van der Waals surface area contributed by atoms with Crippen LogP contribution in [-0.4, -0.2) is 4.99 Å². The lowest BCUT2D eigenvalue weighted by Gasteiger charge is -2.05. The molecule has 12 heavy (non-hydrogen) atoms. The van der Waals surface area contributed by atoms with Crippen molar-refractivity contribution in [3.05, 3.63) is 11.1 Å². The summed E-state index contributed by atoms with van der Waals surface area (Å²) in [5, 5.41) is 3.96. The first-order chi connectivity index (χ1) is 5.70. The fourth-order valence-electron chi connectivity index (χ4n) is 0.764. The van der Waals surface area contributed by atoms with Crippen LogP contribution in [0, 0.1) is 0 Å². The molecule has 0 spiro atoms. The zero-order valence-electron chi connectivity index (χ0n) is 7.76. The second-order valence-electron chi connectivity index (χ2n) is 2.68. The predicted octanol–water partition coefficient (Wildman–Crippen LogP) is 3.27. The second kappa shape index (κ2) is 7.62. The summed E-state index contributed by atoms with van der Waals surface area (Å²) in [5.41, 5.74) is 0. The van der Waals surface area contributed by atoms with Gasteiger partial charge in [-0.1, -0.05) is 38.6 Å². The van der Waals surface area contributed by atoms with E-state index in [1.54, 1.807) is 0 Å². The van der Waals surface area contributed by atoms with E-state index in [2.05, 4.69) is 37.9 Å². The van der Waals surface area contributed by atoms with Crippen LogP contribution in [0.3, 0.4) is 0 Å². The van der Waals surface area contributed by atoms with E-state index in [0.29, 0.717) is 0 Å². The summed E-state index contributed by atoms with van der Waals surface area (Å²) >= 11 is 9.34. The molecule has 0 rings (SSSR count). The molecule has 0 aliphatic rings. The van der Waals surface area contributed by atoms with Gasteiger partial charge in [0.05, 0.1) is 10.0 Å². The molecule has 0 saturated heterocycles. The maximum Gasteiger partial charge on any atom is 0.0800 e. The Morgan fingerprint density at radius 2 is 2.08 bits per heavy atom. The van der Waals surface area contributed by atoms with E-state index in [9.17, 15) is 0 Å². The van der Waals surface area contributed by atoms with Crippen molar-refractivity contribution in [1.29, 1.82) is 0 Å². The van der Waals surface area contributed by atoms with Crippen molar-refractivity contribution < 1.29 is 0 Å². The predicted molar refractivity (Wildman–Crippen MR) is 62.6 cm³/mol. The first-order valence-electron chi connectivity index (χ1n) is 4.39. The highest BCUT2D eigenvalue weighted by atomic mass is 32.1. The molecule has 0 radical (unpaired) electrons. The van der Waals surface area contributed by atoms with Gasteiger partial charge in [-0.2, -0.15) is 0 Å². The maximum absolute atomic E-state index is 5.08. The van der Waals surface area contributed by atoms with Crippen molar-refractivity contribution in [2.24, 2.45) is 0 Å². The maximum atomic E-state index is 5.08. The van der Waals surface area contributed by atoms with Gasteiger partial charge in [0.15, 0.2) is 0 Å². The van der Waals surface area contributed by atoms with E-state index >= 15 is 0 Å². The number of allylic oxidation sites excluding steroid dienone is 1. The highest BCUT2D eigenvalue weighted by molar-refractivity contribution is 7.84. The van der Waals surface area contributed by atoms with Crippen LogP contribution < -0.4 is 5.32 Å². The molecular weight excluding hydrogens is 186 g/mol. The van der Waals surface area contributed by atoms with Gasteiger partial charge in [0.2, 0.25) is 0 Å². The third-order valence-corrected chi connectivity index (χ3v) is 1.97. The van der Waals surface area contributed by atoms with E-state index in [-0.39, 0.29) is 0 Å². The molecule has 0 atom stereocenters. The number of rotatable bonds is 5. The van der Waals surface area contributed by atoms with E-state index < -0.39 is 0 Å². The van der Waals surface area contributed by atoms with Crippen molar-refractivity contribution in [2.45, 2.75) is 39.5 Å². The van der Waals surface area contributed by atoms with Crippen LogP contribution in [0.1, 0.15) is 39.5 Å². The average Bonchev–Trinajstić information content (AvgIpc) is 2.01. The monoisotopic (exact) mass is 203 g/mol. The Balaban J connectivity index is 3.67. The van der Waals surface area contributed by atoms with Gasteiger partial charge in [-0.05, 0) is 19.3 Å². The summed E-state index contributed by atoms with van der Waals surface area (Å²) in [6.07, 6.45) is 6.29. The number of hydrogen-bond donors (Lipinski definition) is 2. The number of thiol groups is 1. The van der Waals surface area contributed by atoms with E-state index in [1.807, 2.05) is 0 Å².